The van der Waals surface area contributed by atoms with Gasteiger partial charge in [0, 0.05) is 0 Å². The van der Waals surface area contributed by atoms with E-state index in [2.05, 4.69) is 30.3 Å². The molecule has 0 aliphatic heterocycles. The molecule has 0 amide bonds. The Labute approximate surface area is 95.5 Å². The summed E-state index contributed by atoms with van der Waals surface area (Å²) in [6.45, 7) is 0. The first-order valence-corrected chi connectivity index (χ1v) is 4.54. The molecule has 0 nitrogen and oxygen atoms in total. The van der Waals surface area contributed by atoms with Crippen LogP contribution in [0.4, 0.5) is 0 Å². The van der Waals surface area contributed by atoms with Crippen LogP contribution in [0.25, 0.3) is 5.57 Å². The Hall–Kier alpha value is -1.04. The van der Waals surface area contributed by atoms with Crippen molar-refractivity contribution in [3.63, 3.8) is 0 Å². The molecule has 2 aromatic rings. The molecule has 1 heteroatoms. The van der Waals surface area contributed by atoms with E-state index >= 15 is 0 Å². The predicted octanol–water partition coefficient (Wildman–Crippen LogP) is 3.60. The second-order valence-corrected chi connectivity index (χ2v) is 3.07. The average molecular weight is 224 g/mol. The summed E-state index contributed by atoms with van der Waals surface area (Å²) in [5, 5.41) is 0. The van der Waals surface area contributed by atoms with Crippen molar-refractivity contribution in [1.82, 2.24) is 0 Å². The van der Waals surface area contributed by atoms with Crippen molar-refractivity contribution in [2.24, 2.45) is 0 Å². The summed E-state index contributed by atoms with van der Waals surface area (Å²) in [5.41, 5.74) is 2.92. The maximum Gasteiger partial charge on any atom is 2.00 e. The first-order valence-electron chi connectivity index (χ1n) is 4.54. The van der Waals surface area contributed by atoms with Gasteiger partial charge in [0.05, 0.1) is 0 Å². The molecule has 0 saturated carbocycles. The molecule has 2 aromatic carbocycles. The van der Waals surface area contributed by atoms with Gasteiger partial charge in [-0.25, -0.2) is 12.1 Å². The molecule has 0 saturated heterocycles. The number of rotatable bonds is 1. The van der Waals surface area contributed by atoms with Gasteiger partial charge in [0.1, 0.15) is 0 Å². The van der Waals surface area contributed by atoms with Gasteiger partial charge < -0.3 is 0 Å². The van der Waals surface area contributed by atoms with Gasteiger partial charge in [-0.3, -0.25) is 0 Å². The van der Waals surface area contributed by atoms with Crippen molar-refractivity contribution in [1.29, 1.82) is 0 Å². The third-order valence-corrected chi connectivity index (χ3v) is 2.00. The molecule has 0 N–H and O–H groups in total. The van der Waals surface area contributed by atoms with Crippen molar-refractivity contribution in [3.05, 3.63) is 66.2 Å². The zero-order chi connectivity index (χ0) is 8.93. The van der Waals surface area contributed by atoms with Crippen LogP contribution in [0, 0.1) is 0 Å². The van der Waals surface area contributed by atoms with Gasteiger partial charge in [-0.15, -0.1) is 29.3 Å². The number of allylic oxidation sites excluding steroid dienone is 2. The fourth-order valence-electron chi connectivity index (χ4n) is 1.20. The number of hydrogen-bond acceptors (Lipinski definition) is 0. The van der Waals surface area contributed by atoms with Gasteiger partial charge >= 0.3 is 17.1 Å². The van der Waals surface area contributed by atoms with Crippen LogP contribution >= 0.6 is 0 Å². The molecule has 72 valence electrons. The molecule has 1 aliphatic rings. The van der Waals surface area contributed by atoms with Crippen LogP contribution in [0.5, 0.6) is 0 Å². The average Bonchev–Trinajstić information content (AvgIpc) is 2.75. The van der Waals surface area contributed by atoms with Gasteiger partial charge in [0.2, 0.25) is 0 Å². The van der Waals surface area contributed by atoms with Crippen molar-refractivity contribution < 1.29 is 17.1 Å². The van der Waals surface area contributed by atoms with Crippen molar-refractivity contribution >= 4 is 5.57 Å². The van der Waals surface area contributed by atoms with Gasteiger partial charge in [-0.1, -0.05) is 6.42 Å². The standard InChI is InChI=1S/C8H7.C5H5.Fe/c1-2-4-7(3-1)8-5-6-8;1-2-4-5-3-1;/h1-5H,6H2;1-5H;/q2*-1;+2. The van der Waals surface area contributed by atoms with E-state index in [4.69, 9.17) is 0 Å². The van der Waals surface area contributed by atoms with E-state index in [1.54, 1.807) is 0 Å². The molecular weight excluding hydrogens is 212 g/mol. The Balaban J connectivity index is 0.000000144. The van der Waals surface area contributed by atoms with Crippen LogP contribution in [0.15, 0.2) is 60.7 Å². The molecular formula is C13H12Fe. The maximum absolute atomic E-state index is 2.25. The van der Waals surface area contributed by atoms with E-state index < -0.39 is 0 Å². The van der Waals surface area contributed by atoms with Crippen molar-refractivity contribution in [2.45, 2.75) is 6.42 Å². The molecule has 0 unspecified atom stereocenters. The molecule has 1 aliphatic carbocycles. The summed E-state index contributed by atoms with van der Waals surface area (Å²) in [4.78, 5) is 0. The summed E-state index contributed by atoms with van der Waals surface area (Å²) in [6.07, 6.45) is 3.46. The second-order valence-electron chi connectivity index (χ2n) is 3.07. The molecule has 0 fully saturated rings. The third kappa shape index (κ3) is 3.37. The molecule has 14 heavy (non-hydrogen) atoms. The van der Waals surface area contributed by atoms with E-state index in [0.717, 1.165) is 0 Å². The summed E-state index contributed by atoms with van der Waals surface area (Å²) in [5.74, 6) is 0. The topological polar surface area (TPSA) is 0 Å². The van der Waals surface area contributed by atoms with Crippen LogP contribution in [-0.4, -0.2) is 0 Å². The van der Waals surface area contributed by atoms with Gasteiger partial charge in [-0.2, -0.15) is 30.3 Å². The molecule has 0 atom stereocenters. The first kappa shape index (κ1) is 11.0. The van der Waals surface area contributed by atoms with Crippen LogP contribution in [0.3, 0.4) is 0 Å². The Morgan fingerprint density at radius 3 is 1.93 bits per heavy atom. The van der Waals surface area contributed by atoms with E-state index in [1.807, 2.05) is 30.3 Å². The van der Waals surface area contributed by atoms with Gasteiger partial charge in [0.15, 0.2) is 0 Å². The Morgan fingerprint density at radius 1 is 1.00 bits per heavy atom. The van der Waals surface area contributed by atoms with Crippen molar-refractivity contribution in [3.8, 4) is 0 Å². The Bertz CT molecular complexity index is 335. The zero-order valence-corrected chi connectivity index (χ0v) is 8.94. The largest absolute Gasteiger partial charge is 2.00 e. The Morgan fingerprint density at radius 2 is 1.57 bits per heavy atom. The fourth-order valence-corrected chi connectivity index (χ4v) is 1.20. The van der Waals surface area contributed by atoms with E-state index in [9.17, 15) is 0 Å². The van der Waals surface area contributed by atoms with Gasteiger partial charge in [0.25, 0.3) is 0 Å². The van der Waals surface area contributed by atoms with Crippen LogP contribution in [0.1, 0.15) is 12.0 Å². The summed E-state index contributed by atoms with van der Waals surface area (Å²) >= 11 is 0. The zero-order valence-electron chi connectivity index (χ0n) is 7.83. The SMILES string of the molecule is C1=C([c-]2cccc2)C1.[Fe+2].c1cc[cH-]c1. The smallest absolute Gasteiger partial charge is 0.214 e. The van der Waals surface area contributed by atoms with Gasteiger partial charge in [-0.05, 0) is 0 Å². The molecule has 0 spiro atoms. The fraction of sp³-hybridized carbons (Fsp3) is 0.0769. The molecule has 0 radical (unpaired) electrons. The van der Waals surface area contributed by atoms with Crippen LogP contribution in [-0.2, 0) is 17.1 Å². The van der Waals surface area contributed by atoms with E-state index in [-0.39, 0.29) is 17.1 Å². The molecule has 3 rings (SSSR count). The monoisotopic (exact) mass is 224 g/mol. The first-order chi connectivity index (χ1) is 6.47. The second kappa shape index (κ2) is 5.64. The minimum absolute atomic E-state index is 0. The maximum atomic E-state index is 2.25. The van der Waals surface area contributed by atoms with E-state index in [0.29, 0.717) is 0 Å². The molecule has 0 heterocycles. The number of hydrogen-bond donors (Lipinski definition) is 0. The summed E-state index contributed by atoms with van der Waals surface area (Å²) < 4.78 is 0. The predicted molar refractivity (Wildman–Crippen MR) is 56.7 cm³/mol. The van der Waals surface area contributed by atoms with Crippen LogP contribution < -0.4 is 0 Å². The van der Waals surface area contributed by atoms with E-state index in [1.165, 1.54) is 17.6 Å². The normalized spacial score (nSPS) is 11.9. The summed E-state index contributed by atoms with van der Waals surface area (Å²) in [7, 11) is 0. The third-order valence-electron chi connectivity index (χ3n) is 2.00. The Kier molecular flexibility index (Phi) is 4.45. The van der Waals surface area contributed by atoms with Crippen molar-refractivity contribution in [2.75, 3.05) is 0 Å². The quantitative estimate of drug-likeness (QED) is 0.512. The minimum Gasteiger partial charge on any atom is -0.214 e. The molecule has 0 bridgehead atoms. The summed E-state index contributed by atoms with van der Waals surface area (Å²) in [6, 6.07) is 18.5. The minimum atomic E-state index is 0. The van der Waals surface area contributed by atoms with Crippen LogP contribution in [0.2, 0.25) is 0 Å². The molecule has 0 aromatic heterocycles.